The van der Waals surface area contributed by atoms with Gasteiger partial charge >= 0.3 is 0 Å². The molecular weight excluding hydrogens is 362 g/mol. The van der Waals surface area contributed by atoms with Crippen LogP contribution in [0.25, 0.3) is 0 Å². The van der Waals surface area contributed by atoms with Crippen LogP contribution in [0.1, 0.15) is 45.3 Å². The molecule has 2 aromatic heterocycles. The SMILES string of the molecule is Cc1ccc(=O)n(CCN2CCCCC2CNC(=O)c2sc(C)nc2C)n1. The van der Waals surface area contributed by atoms with E-state index < -0.39 is 0 Å². The number of aromatic nitrogens is 3. The van der Waals surface area contributed by atoms with Crippen LogP contribution in [0.2, 0.25) is 0 Å². The van der Waals surface area contributed by atoms with Gasteiger partial charge < -0.3 is 5.32 Å². The number of amides is 1. The van der Waals surface area contributed by atoms with Crippen molar-refractivity contribution >= 4 is 17.2 Å². The maximum atomic E-state index is 12.5. The maximum Gasteiger partial charge on any atom is 0.266 e. The lowest BCUT2D eigenvalue weighted by Gasteiger charge is -2.35. The Morgan fingerprint density at radius 3 is 2.81 bits per heavy atom. The zero-order valence-electron chi connectivity index (χ0n) is 16.2. The molecule has 1 fully saturated rings. The first-order chi connectivity index (χ1) is 12.9. The van der Waals surface area contributed by atoms with Crippen LogP contribution < -0.4 is 10.9 Å². The molecule has 1 aliphatic rings. The van der Waals surface area contributed by atoms with E-state index in [-0.39, 0.29) is 17.5 Å². The summed E-state index contributed by atoms with van der Waals surface area (Å²) in [7, 11) is 0. The summed E-state index contributed by atoms with van der Waals surface area (Å²) in [4.78, 5) is 31.8. The Kier molecular flexibility index (Phi) is 6.38. The molecule has 1 saturated heterocycles. The molecule has 1 amide bonds. The molecule has 0 aliphatic carbocycles. The molecule has 1 unspecified atom stereocenters. The Labute approximate surface area is 163 Å². The molecule has 1 atom stereocenters. The van der Waals surface area contributed by atoms with Gasteiger partial charge in [-0.3, -0.25) is 14.5 Å². The van der Waals surface area contributed by atoms with Crippen LogP contribution in [0.5, 0.6) is 0 Å². The number of piperidine rings is 1. The third kappa shape index (κ3) is 5.01. The zero-order chi connectivity index (χ0) is 19.4. The Bertz CT molecular complexity index is 860. The van der Waals surface area contributed by atoms with E-state index in [0.717, 1.165) is 42.3 Å². The summed E-state index contributed by atoms with van der Waals surface area (Å²) >= 11 is 1.44. The number of hydrogen-bond donors (Lipinski definition) is 1. The average molecular weight is 390 g/mol. The normalized spacial score (nSPS) is 17.8. The topological polar surface area (TPSA) is 80.1 Å². The quantitative estimate of drug-likeness (QED) is 0.816. The summed E-state index contributed by atoms with van der Waals surface area (Å²) in [6.07, 6.45) is 3.36. The summed E-state index contributed by atoms with van der Waals surface area (Å²) in [6, 6.07) is 3.59. The van der Waals surface area contributed by atoms with Crippen LogP contribution in [0, 0.1) is 20.8 Å². The van der Waals surface area contributed by atoms with E-state index in [9.17, 15) is 9.59 Å². The predicted octanol–water partition coefficient (Wildman–Crippen LogP) is 1.91. The first kappa shape index (κ1) is 19.7. The highest BCUT2D eigenvalue weighted by Gasteiger charge is 2.23. The molecule has 146 valence electrons. The Morgan fingerprint density at radius 1 is 1.26 bits per heavy atom. The molecule has 8 heteroatoms. The van der Waals surface area contributed by atoms with Gasteiger partial charge in [-0.05, 0) is 46.2 Å². The van der Waals surface area contributed by atoms with Crippen molar-refractivity contribution in [2.75, 3.05) is 19.6 Å². The fraction of sp³-hybridized carbons (Fsp3) is 0.579. The third-order valence-electron chi connectivity index (χ3n) is 4.96. The average Bonchev–Trinajstić information content (AvgIpc) is 2.99. The van der Waals surface area contributed by atoms with Crippen LogP contribution >= 0.6 is 11.3 Å². The van der Waals surface area contributed by atoms with Gasteiger partial charge in [-0.1, -0.05) is 6.42 Å². The van der Waals surface area contributed by atoms with E-state index in [1.807, 2.05) is 20.8 Å². The summed E-state index contributed by atoms with van der Waals surface area (Å²) in [5, 5.41) is 8.30. The van der Waals surface area contributed by atoms with Gasteiger partial charge in [0.15, 0.2) is 0 Å². The number of aryl methyl sites for hydroxylation is 3. The van der Waals surface area contributed by atoms with Crippen molar-refractivity contribution in [3.8, 4) is 0 Å². The molecule has 3 rings (SSSR count). The van der Waals surface area contributed by atoms with Crippen LogP contribution in [0.4, 0.5) is 0 Å². The number of carbonyl (C=O) groups excluding carboxylic acids is 1. The predicted molar refractivity (Wildman–Crippen MR) is 106 cm³/mol. The van der Waals surface area contributed by atoms with E-state index in [0.29, 0.717) is 18.0 Å². The molecule has 27 heavy (non-hydrogen) atoms. The second kappa shape index (κ2) is 8.75. The van der Waals surface area contributed by atoms with Crippen molar-refractivity contribution in [1.82, 2.24) is 25.0 Å². The molecule has 1 aliphatic heterocycles. The Hall–Kier alpha value is -2.06. The summed E-state index contributed by atoms with van der Waals surface area (Å²) < 4.78 is 1.53. The van der Waals surface area contributed by atoms with Crippen LogP contribution in [0.15, 0.2) is 16.9 Å². The molecule has 1 N–H and O–H groups in total. The van der Waals surface area contributed by atoms with Gasteiger partial charge in [-0.2, -0.15) is 5.10 Å². The molecule has 0 saturated carbocycles. The highest BCUT2D eigenvalue weighted by atomic mass is 32.1. The summed E-state index contributed by atoms with van der Waals surface area (Å²) in [5.41, 5.74) is 1.56. The van der Waals surface area contributed by atoms with Gasteiger partial charge in [0.1, 0.15) is 4.88 Å². The van der Waals surface area contributed by atoms with E-state index in [1.54, 1.807) is 12.1 Å². The van der Waals surface area contributed by atoms with Gasteiger partial charge in [0.2, 0.25) is 0 Å². The molecule has 2 aromatic rings. The highest BCUT2D eigenvalue weighted by Crippen LogP contribution is 2.19. The van der Waals surface area contributed by atoms with Crippen molar-refractivity contribution < 1.29 is 4.79 Å². The number of thiazole rings is 1. The van der Waals surface area contributed by atoms with E-state index in [2.05, 4.69) is 20.3 Å². The van der Waals surface area contributed by atoms with Gasteiger partial charge in [-0.25, -0.2) is 9.67 Å². The lowest BCUT2D eigenvalue weighted by Crippen LogP contribution is -2.48. The number of nitrogens with one attached hydrogen (secondary N) is 1. The largest absolute Gasteiger partial charge is 0.350 e. The highest BCUT2D eigenvalue weighted by molar-refractivity contribution is 7.13. The minimum Gasteiger partial charge on any atom is -0.350 e. The van der Waals surface area contributed by atoms with Crippen molar-refractivity contribution in [3.05, 3.63) is 43.8 Å². The second-order valence-corrected chi connectivity index (χ2v) is 8.28. The molecule has 0 radical (unpaired) electrons. The fourth-order valence-electron chi connectivity index (χ4n) is 3.55. The zero-order valence-corrected chi connectivity index (χ0v) is 17.0. The molecule has 0 bridgehead atoms. The smallest absolute Gasteiger partial charge is 0.266 e. The maximum absolute atomic E-state index is 12.5. The number of rotatable bonds is 6. The van der Waals surface area contributed by atoms with Gasteiger partial charge in [-0.15, -0.1) is 11.3 Å². The minimum absolute atomic E-state index is 0.0415. The number of hydrogen-bond acceptors (Lipinski definition) is 6. The van der Waals surface area contributed by atoms with E-state index in [4.69, 9.17) is 0 Å². The molecule has 7 nitrogen and oxygen atoms in total. The van der Waals surface area contributed by atoms with E-state index >= 15 is 0 Å². The van der Waals surface area contributed by atoms with Gasteiger partial charge in [0.05, 0.1) is 22.9 Å². The Balaban J connectivity index is 1.58. The van der Waals surface area contributed by atoms with Crippen molar-refractivity contribution in [1.29, 1.82) is 0 Å². The first-order valence-electron chi connectivity index (χ1n) is 9.45. The third-order valence-corrected chi connectivity index (χ3v) is 6.03. The van der Waals surface area contributed by atoms with Crippen LogP contribution in [-0.2, 0) is 6.54 Å². The van der Waals surface area contributed by atoms with Crippen LogP contribution in [0.3, 0.4) is 0 Å². The molecule has 0 aromatic carbocycles. The van der Waals surface area contributed by atoms with Gasteiger partial charge in [0.25, 0.3) is 11.5 Å². The second-order valence-electron chi connectivity index (χ2n) is 7.08. The van der Waals surface area contributed by atoms with Gasteiger partial charge in [0, 0.05) is 25.2 Å². The van der Waals surface area contributed by atoms with Crippen molar-refractivity contribution in [3.63, 3.8) is 0 Å². The number of carbonyl (C=O) groups is 1. The molecule has 0 spiro atoms. The standard InChI is InChI=1S/C19H27N5O2S/c1-13-7-8-17(25)24(22-13)11-10-23-9-5-4-6-16(23)12-20-19(26)18-14(2)21-15(3)27-18/h7-8,16H,4-6,9-12H2,1-3H3,(H,20,26). The van der Waals surface area contributed by atoms with Crippen molar-refractivity contribution in [2.24, 2.45) is 0 Å². The fourth-order valence-corrected chi connectivity index (χ4v) is 4.39. The summed E-state index contributed by atoms with van der Waals surface area (Å²) in [6.45, 7) is 8.60. The van der Waals surface area contributed by atoms with Crippen LogP contribution in [-0.4, -0.2) is 51.2 Å². The monoisotopic (exact) mass is 389 g/mol. The Morgan fingerprint density at radius 2 is 2.07 bits per heavy atom. The lowest BCUT2D eigenvalue weighted by atomic mass is 10.0. The number of nitrogens with zero attached hydrogens (tertiary/aromatic N) is 4. The number of likely N-dealkylation sites (tertiary alicyclic amines) is 1. The minimum atomic E-state index is -0.0708. The first-order valence-corrected chi connectivity index (χ1v) is 10.3. The molecule has 3 heterocycles. The molecular formula is C19H27N5O2S. The van der Waals surface area contributed by atoms with Crippen molar-refractivity contribution in [2.45, 2.75) is 52.6 Å². The summed E-state index contributed by atoms with van der Waals surface area (Å²) in [5.74, 6) is -0.0415. The van der Waals surface area contributed by atoms with E-state index in [1.165, 1.54) is 22.4 Å². The lowest BCUT2D eigenvalue weighted by molar-refractivity contribution is 0.0912.